The van der Waals surface area contributed by atoms with Crippen LogP contribution in [0.15, 0.2) is 42.5 Å². The molecule has 6 rings (SSSR count). The van der Waals surface area contributed by atoms with E-state index in [0.29, 0.717) is 0 Å². The van der Waals surface area contributed by atoms with E-state index in [4.69, 9.17) is 0 Å². The fourth-order valence-electron chi connectivity index (χ4n) is 5.47. The Morgan fingerprint density at radius 2 is 1.50 bits per heavy atom. The highest BCUT2D eigenvalue weighted by atomic mass is 16.2. The Hall–Kier alpha value is -2.41. The molecule has 1 aliphatic heterocycles. The molecule has 1 heterocycles. The molecule has 3 fully saturated rings. The van der Waals surface area contributed by atoms with Crippen LogP contribution >= 0.6 is 0 Å². The molecule has 22 heavy (non-hydrogen) atoms. The van der Waals surface area contributed by atoms with E-state index in [1.807, 2.05) is 30.3 Å². The van der Waals surface area contributed by atoms with E-state index in [-0.39, 0.29) is 47.3 Å². The van der Waals surface area contributed by atoms with Crippen molar-refractivity contribution in [2.24, 2.45) is 35.5 Å². The Morgan fingerprint density at radius 3 is 2.00 bits per heavy atom. The van der Waals surface area contributed by atoms with E-state index in [2.05, 4.69) is 23.5 Å². The third-order valence-corrected chi connectivity index (χ3v) is 6.22. The van der Waals surface area contributed by atoms with Gasteiger partial charge in [0.1, 0.15) is 0 Å². The number of benzene rings is 1. The second kappa shape index (κ2) is 3.67. The van der Waals surface area contributed by atoms with Crippen LogP contribution in [0.1, 0.15) is 5.56 Å². The highest BCUT2D eigenvalue weighted by molar-refractivity contribution is 6.06. The first-order valence-corrected chi connectivity index (χ1v) is 7.70. The lowest BCUT2D eigenvalue weighted by Crippen LogP contribution is -2.40. The number of carbonyl (C=O) groups excluding carboxylic acids is 2. The van der Waals surface area contributed by atoms with Crippen LogP contribution < -0.4 is 5.32 Å². The Bertz CT molecular complexity index is 740. The number of nitriles is 1. The van der Waals surface area contributed by atoms with Crippen molar-refractivity contribution in [2.75, 3.05) is 0 Å². The minimum Gasteiger partial charge on any atom is -0.296 e. The second-order valence-electron chi connectivity index (χ2n) is 6.84. The number of nitrogens with one attached hydrogen (secondary N) is 1. The zero-order chi connectivity index (χ0) is 15.1. The van der Waals surface area contributed by atoms with Crippen molar-refractivity contribution in [1.82, 2.24) is 5.32 Å². The molecule has 2 saturated carbocycles. The number of imide groups is 1. The molecule has 5 aliphatic rings. The van der Waals surface area contributed by atoms with Crippen LogP contribution in [-0.4, -0.2) is 11.8 Å². The number of carbonyl (C=O) groups is 2. The molecule has 6 atom stereocenters. The van der Waals surface area contributed by atoms with Crippen molar-refractivity contribution in [3.63, 3.8) is 0 Å². The van der Waals surface area contributed by atoms with Gasteiger partial charge in [0.05, 0.1) is 23.3 Å². The van der Waals surface area contributed by atoms with Gasteiger partial charge >= 0.3 is 0 Å². The maximum Gasteiger partial charge on any atom is 0.231 e. The molecule has 6 unspecified atom stereocenters. The summed E-state index contributed by atoms with van der Waals surface area (Å²) in [6.45, 7) is 0. The normalized spacial score (nSPS) is 46.7. The van der Waals surface area contributed by atoms with E-state index in [0.717, 1.165) is 5.56 Å². The lowest BCUT2D eigenvalue weighted by atomic mass is 9.63. The SMILES string of the molecule is N#CC1(c2ccccc2)C2C3C=CC(C4C(=O)NC(=O)C34)C21. The molecule has 0 aromatic heterocycles. The van der Waals surface area contributed by atoms with Gasteiger partial charge in [-0.3, -0.25) is 14.9 Å². The molecule has 0 radical (unpaired) electrons. The molecular formula is C18H14N2O2. The summed E-state index contributed by atoms with van der Waals surface area (Å²) in [5, 5.41) is 12.4. The number of rotatable bonds is 1. The number of hydrogen-bond acceptors (Lipinski definition) is 3. The number of allylic oxidation sites excluding steroid dienone is 2. The average Bonchev–Trinajstić information content (AvgIpc) is 3.18. The Labute approximate surface area is 127 Å². The summed E-state index contributed by atoms with van der Waals surface area (Å²) in [4.78, 5) is 24.3. The van der Waals surface area contributed by atoms with Gasteiger partial charge in [-0.1, -0.05) is 42.5 Å². The quantitative estimate of drug-likeness (QED) is 0.628. The molecule has 2 amide bonds. The zero-order valence-electron chi connectivity index (χ0n) is 11.8. The van der Waals surface area contributed by atoms with E-state index >= 15 is 0 Å². The van der Waals surface area contributed by atoms with Crippen LogP contribution in [0.4, 0.5) is 0 Å². The molecule has 4 nitrogen and oxygen atoms in total. The summed E-state index contributed by atoms with van der Waals surface area (Å²) >= 11 is 0. The minimum absolute atomic E-state index is 0.00584. The number of nitrogens with zero attached hydrogens (tertiary/aromatic N) is 1. The van der Waals surface area contributed by atoms with Crippen molar-refractivity contribution < 1.29 is 9.59 Å². The van der Waals surface area contributed by atoms with Gasteiger partial charge in [0.25, 0.3) is 0 Å². The summed E-state index contributed by atoms with van der Waals surface area (Å²) in [6.07, 6.45) is 4.15. The largest absolute Gasteiger partial charge is 0.296 e. The van der Waals surface area contributed by atoms with Crippen molar-refractivity contribution in [3.05, 3.63) is 48.0 Å². The van der Waals surface area contributed by atoms with Gasteiger partial charge in [0, 0.05) is 0 Å². The highest BCUT2D eigenvalue weighted by Crippen LogP contribution is 2.74. The summed E-state index contributed by atoms with van der Waals surface area (Å²) in [7, 11) is 0. The van der Waals surface area contributed by atoms with Crippen LogP contribution in [0.2, 0.25) is 0 Å². The predicted octanol–water partition coefficient (Wildman–Crippen LogP) is 1.40. The molecule has 4 aliphatic carbocycles. The van der Waals surface area contributed by atoms with E-state index in [1.54, 1.807) is 0 Å². The maximum atomic E-state index is 12.2. The standard InChI is InChI=1S/C18H14N2O2/c19-8-18(9-4-2-1-3-5-9)14-10-6-7-11(15(14)18)13-12(10)16(21)20-17(13)22/h1-7,10-15H,(H,20,21,22). The van der Waals surface area contributed by atoms with Crippen molar-refractivity contribution >= 4 is 11.8 Å². The fourth-order valence-corrected chi connectivity index (χ4v) is 5.47. The summed E-state index contributed by atoms with van der Waals surface area (Å²) in [5.74, 6) is -0.525. The Kier molecular flexibility index (Phi) is 2.03. The molecule has 4 heteroatoms. The van der Waals surface area contributed by atoms with Gasteiger partial charge in [-0.15, -0.1) is 0 Å². The molecule has 0 spiro atoms. The molecule has 1 saturated heterocycles. The molecule has 2 bridgehead atoms. The summed E-state index contributed by atoms with van der Waals surface area (Å²) in [6, 6.07) is 12.4. The van der Waals surface area contributed by atoms with E-state index in [1.165, 1.54) is 0 Å². The number of amides is 2. The molecular weight excluding hydrogens is 276 g/mol. The summed E-state index contributed by atoms with van der Waals surface area (Å²) < 4.78 is 0. The van der Waals surface area contributed by atoms with E-state index < -0.39 is 5.41 Å². The molecule has 1 aromatic carbocycles. The number of hydrogen-bond donors (Lipinski definition) is 1. The lowest BCUT2D eigenvalue weighted by molar-refractivity contribution is -0.126. The third kappa shape index (κ3) is 1.13. The zero-order valence-corrected chi connectivity index (χ0v) is 11.8. The van der Waals surface area contributed by atoms with Crippen LogP contribution in [0.25, 0.3) is 0 Å². The minimum atomic E-state index is -0.537. The van der Waals surface area contributed by atoms with Crippen molar-refractivity contribution in [2.45, 2.75) is 5.41 Å². The molecule has 1 aromatic rings. The molecule has 1 N–H and O–H groups in total. The monoisotopic (exact) mass is 290 g/mol. The van der Waals surface area contributed by atoms with Crippen molar-refractivity contribution in [3.8, 4) is 6.07 Å². The summed E-state index contributed by atoms with van der Waals surface area (Å²) in [5.41, 5.74) is 0.490. The van der Waals surface area contributed by atoms with Gasteiger partial charge in [-0.05, 0) is 29.2 Å². The van der Waals surface area contributed by atoms with Gasteiger partial charge in [-0.25, -0.2) is 0 Å². The first kappa shape index (κ1) is 12.2. The smallest absolute Gasteiger partial charge is 0.231 e. The Morgan fingerprint density at radius 1 is 0.955 bits per heavy atom. The van der Waals surface area contributed by atoms with Crippen LogP contribution in [0, 0.1) is 46.8 Å². The predicted molar refractivity (Wildman–Crippen MR) is 77.0 cm³/mol. The van der Waals surface area contributed by atoms with Crippen LogP contribution in [-0.2, 0) is 15.0 Å². The van der Waals surface area contributed by atoms with Crippen LogP contribution in [0.3, 0.4) is 0 Å². The Balaban J connectivity index is 1.65. The lowest BCUT2D eigenvalue weighted by Gasteiger charge is -2.37. The van der Waals surface area contributed by atoms with Gasteiger partial charge in [0.15, 0.2) is 0 Å². The average molecular weight is 290 g/mol. The van der Waals surface area contributed by atoms with Gasteiger partial charge in [0.2, 0.25) is 11.8 Å². The van der Waals surface area contributed by atoms with Gasteiger partial charge in [-0.2, -0.15) is 5.26 Å². The first-order chi connectivity index (χ1) is 10.7. The van der Waals surface area contributed by atoms with Crippen LogP contribution in [0.5, 0.6) is 0 Å². The third-order valence-electron chi connectivity index (χ3n) is 6.22. The van der Waals surface area contributed by atoms with Crippen molar-refractivity contribution in [1.29, 1.82) is 5.26 Å². The second-order valence-corrected chi connectivity index (χ2v) is 6.84. The van der Waals surface area contributed by atoms with Gasteiger partial charge < -0.3 is 0 Å². The first-order valence-electron chi connectivity index (χ1n) is 7.70. The van der Waals surface area contributed by atoms with E-state index in [9.17, 15) is 14.9 Å². The fraction of sp³-hybridized carbons (Fsp3) is 0.389. The highest BCUT2D eigenvalue weighted by Gasteiger charge is 2.78. The topological polar surface area (TPSA) is 70.0 Å². The maximum absolute atomic E-state index is 12.2. The molecule has 108 valence electrons.